The summed E-state index contributed by atoms with van der Waals surface area (Å²) in [4.78, 5) is 11.0. The van der Waals surface area contributed by atoms with E-state index in [-0.39, 0.29) is 16.6 Å². The fourth-order valence-corrected chi connectivity index (χ4v) is 4.14. The van der Waals surface area contributed by atoms with Crippen molar-refractivity contribution in [2.45, 2.75) is 30.0 Å². The topological polar surface area (TPSA) is 101 Å². The summed E-state index contributed by atoms with van der Waals surface area (Å²) in [6.07, 6.45) is -1.87. The molecule has 1 aliphatic carbocycles. The fraction of sp³-hybridized carbons (Fsp3) is 0.333. The Kier molecular flexibility index (Phi) is 4.21. The van der Waals surface area contributed by atoms with E-state index in [1.807, 2.05) is 0 Å². The number of benzene rings is 1. The molecule has 1 aromatic heterocycles. The van der Waals surface area contributed by atoms with E-state index < -0.39 is 33.3 Å². The van der Waals surface area contributed by atoms with Gasteiger partial charge in [0, 0.05) is 18.3 Å². The van der Waals surface area contributed by atoms with E-state index in [1.165, 1.54) is 13.2 Å². The van der Waals surface area contributed by atoms with E-state index in [0.29, 0.717) is 17.7 Å². The van der Waals surface area contributed by atoms with E-state index in [0.717, 1.165) is 23.6 Å². The van der Waals surface area contributed by atoms with Crippen molar-refractivity contribution >= 4 is 21.7 Å². The van der Waals surface area contributed by atoms with Crippen molar-refractivity contribution in [2.24, 2.45) is 7.05 Å². The van der Waals surface area contributed by atoms with E-state index in [2.05, 4.69) is 9.82 Å². The number of hydrogen-bond acceptors (Lipinski definition) is 4. The third kappa shape index (κ3) is 3.39. The Hall–Kier alpha value is -2.56. The van der Waals surface area contributed by atoms with Crippen molar-refractivity contribution in [3.8, 4) is 0 Å². The normalized spacial score (nSPS) is 15.1. The van der Waals surface area contributed by atoms with Gasteiger partial charge in [-0.25, -0.2) is 4.79 Å². The number of alkyl halides is 3. The van der Waals surface area contributed by atoms with Gasteiger partial charge in [0.05, 0.1) is 17.3 Å². The standard InChI is InChI=1S/C15H14F3N3O4S/c1-21-13(11(7-19-21)8-2-3-8)26(24,25)20-9-4-5-10(14(22)23)12(6-9)15(16,17)18/h4-8,20H,2-3H2,1H3,(H,22,23). The smallest absolute Gasteiger partial charge is 0.417 e. The van der Waals surface area contributed by atoms with Crippen LogP contribution < -0.4 is 4.72 Å². The van der Waals surface area contributed by atoms with Crippen molar-refractivity contribution in [1.82, 2.24) is 9.78 Å². The Balaban J connectivity index is 2.01. The molecule has 2 N–H and O–H groups in total. The average Bonchev–Trinajstić information content (AvgIpc) is 3.27. The average molecular weight is 389 g/mol. The molecule has 1 aliphatic rings. The van der Waals surface area contributed by atoms with Crippen LogP contribution in [0.15, 0.2) is 29.4 Å². The van der Waals surface area contributed by atoms with Gasteiger partial charge in [-0.1, -0.05) is 0 Å². The number of carboxylic acid groups (broad SMARTS) is 1. The van der Waals surface area contributed by atoms with Crippen molar-refractivity contribution in [3.05, 3.63) is 41.1 Å². The zero-order chi connectivity index (χ0) is 19.3. The lowest BCUT2D eigenvalue weighted by atomic mass is 10.1. The number of halogens is 3. The molecular weight excluding hydrogens is 375 g/mol. The predicted octanol–water partition coefficient (Wildman–Crippen LogP) is 2.82. The highest BCUT2D eigenvalue weighted by molar-refractivity contribution is 7.92. The van der Waals surface area contributed by atoms with Crippen molar-refractivity contribution in [3.63, 3.8) is 0 Å². The molecule has 11 heteroatoms. The van der Waals surface area contributed by atoms with Gasteiger partial charge in [-0.05, 0) is 37.0 Å². The number of rotatable bonds is 5. The van der Waals surface area contributed by atoms with Crippen LogP contribution in [0.2, 0.25) is 0 Å². The number of anilines is 1. The minimum absolute atomic E-state index is 0.0652. The first kappa shape index (κ1) is 18.2. The largest absolute Gasteiger partial charge is 0.478 e. The third-order valence-corrected chi connectivity index (χ3v) is 5.50. The number of aryl methyl sites for hydroxylation is 1. The van der Waals surface area contributed by atoms with Crippen LogP contribution >= 0.6 is 0 Å². The second kappa shape index (κ2) is 6.01. The number of hydrogen-bond donors (Lipinski definition) is 2. The van der Waals surface area contributed by atoms with Crippen LogP contribution in [-0.2, 0) is 23.2 Å². The van der Waals surface area contributed by atoms with E-state index >= 15 is 0 Å². The molecule has 2 aromatic rings. The zero-order valence-corrected chi connectivity index (χ0v) is 14.2. The Morgan fingerprint density at radius 3 is 2.54 bits per heavy atom. The number of aromatic nitrogens is 2. The first-order chi connectivity index (χ1) is 12.0. The molecular formula is C15H14F3N3O4S. The molecule has 0 bridgehead atoms. The molecule has 7 nitrogen and oxygen atoms in total. The first-order valence-electron chi connectivity index (χ1n) is 7.50. The van der Waals surface area contributed by atoms with Gasteiger partial charge in [-0.3, -0.25) is 9.40 Å². The van der Waals surface area contributed by atoms with Gasteiger partial charge in [0.1, 0.15) is 0 Å². The van der Waals surface area contributed by atoms with Gasteiger partial charge < -0.3 is 5.11 Å². The molecule has 1 fully saturated rings. The van der Waals surface area contributed by atoms with Gasteiger partial charge in [0.25, 0.3) is 10.0 Å². The summed E-state index contributed by atoms with van der Waals surface area (Å²) in [5.41, 5.74) is -2.26. The quantitative estimate of drug-likeness (QED) is 0.819. The molecule has 0 saturated heterocycles. The van der Waals surface area contributed by atoms with Crippen molar-refractivity contribution in [2.75, 3.05) is 4.72 Å². The molecule has 0 amide bonds. The van der Waals surface area contributed by atoms with Crippen LogP contribution in [-0.4, -0.2) is 29.3 Å². The van der Waals surface area contributed by atoms with E-state index in [1.54, 1.807) is 0 Å². The monoisotopic (exact) mass is 389 g/mol. The molecule has 1 saturated carbocycles. The van der Waals surface area contributed by atoms with Crippen molar-refractivity contribution in [1.29, 1.82) is 0 Å². The number of nitrogens with one attached hydrogen (secondary N) is 1. The molecule has 1 aromatic carbocycles. The summed E-state index contributed by atoms with van der Waals surface area (Å²) in [6, 6.07) is 2.16. The maximum atomic E-state index is 13.1. The minimum atomic E-state index is -4.94. The zero-order valence-electron chi connectivity index (χ0n) is 13.4. The highest BCUT2D eigenvalue weighted by Crippen LogP contribution is 2.43. The lowest BCUT2D eigenvalue weighted by Crippen LogP contribution is -2.19. The summed E-state index contributed by atoms with van der Waals surface area (Å²) in [7, 11) is -2.77. The molecule has 140 valence electrons. The lowest BCUT2D eigenvalue weighted by Gasteiger charge is -2.14. The van der Waals surface area contributed by atoms with Gasteiger partial charge in [0.15, 0.2) is 5.03 Å². The van der Waals surface area contributed by atoms with Crippen LogP contribution in [0.3, 0.4) is 0 Å². The van der Waals surface area contributed by atoms with Gasteiger partial charge >= 0.3 is 12.1 Å². The fourth-order valence-electron chi connectivity index (χ4n) is 2.68. The molecule has 0 atom stereocenters. The van der Waals surface area contributed by atoms with Crippen LogP contribution in [0.4, 0.5) is 18.9 Å². The number of carbonyl (C=O) groups is 1. The third-order valence-electron chi connectivity index (χ3n) is 3.99. The molecule has 26 heavy (non-hydrogen) atoms. The van der Waals surface area contributed by atoms with Crippen LogP contribution in [0.25, 0.3) is 0 Å². The number of sulfonamides is 1. The highest BCUT2D eigenvalue weighted by Gasteiger charge is 2.37. The molecule has 0 radical (unpaired) electrons. The van der Waals surface area contributed by atoms with Gasteiger partial charge in [0.2, 0.25) is 0 Å². The van der Waals surface area contributed by atoms with E-state index in [9.17, 15) is 26.4 Å². The second-order valence-corrected chi connectivity index (χ2v) is 7.57. The maximum absolute atomic E-state index is 13.1. The van der Waals surface area contributed by atoms with Crippen LogP contribution in [0.1, 0.15) is 40.2 Å². The SMILES string of the molecule is Cn1ncc(C2CC2)c1S(=O)(=O)Nc1ccc(C(=O)O)c(C(F)(F)F)c1. The maximum Gasteiger partial charge on any atom is 0.417 e. The van der Waals surface area contributed by atoms with Crippen LogP contribution in [0, 0.1) is 0 Å². The molecule has 1 heterocycles. The van der Waals surface area contributed by atoms with Gasteiger partial charge in [-0.2, -0.15) is 26.7 Å². The van der Waals surface area contributed by atoms with Crippen LogP contribution in [0.5, 0.6) is 0 Å². The number of carboxylic acids is 1. The second-order valence-electron chi connectivity index (χ2n) is 5.97. The predicted molar refractivity (Wildman–Crippen MR) is 84.4 cm³/mol. The van der Waals surface area contributed by atoms with Crippen molar-refractivity contribution < 1.29 is 31.5 Å². The number of nitrogens with zero attached hydrogens (tertiary/aromatic N) is 2. The summed E-state index contributed by atoms with van der Waals surface area (Å²) >= 11 is 0. The minimum Gasteiger partial charge on any atom is -0.478 e. The highest BCUT2D eigenvalue weighted by atomic mass is 32.2. The number of aromatic carboxylic acids is 1. The summed E-state index contributed by atoms with van der Waals surface area (Å²) in [5.74, 6) is -1.69. The summed E-state index contributed by atoms with van der Waals surface area (Å²) < 4.78 is 67.8. The Labute approximate surface area is 146 Å². The Morgan fingerprint density at radius 2 is 2.00 bits per heavy atom. The molecule has 0 aliphatic heterocycles. The van der Waals surface area contributed by atoms with E-state index in [4.69, 9.17) is 5.11 Å². The summed E-state index contributed by atoms with van der Waals surface area (Å²) in [6.45, 7) is 0. The Bertz CT molecular complexity index is 979. The first-order valence-corrected chi connectivity index (χ1v) is 8.98. The molecule has 0 spiro atoms. The molecule has 3 rings (SSSR count). The summed E-state index contributed by atoms with van der Waals surface area (Å²) in [5, 5.41) is 12.7. The van der Waals surface area contributed by atoms with Gasteiger partial charge in [-0.15, -0.1) is 0 Å². The molecule has 0 unspecified atom stereocenters. The Morgan fingerprint density at radius 1 is 1.35 bits per heavy atom. The lowest BCUT2D eigenvalue weighted by molar-refractivity contribution is -0.138.